The van der Waals surface area contributed by atoms with Gasteiger partial charge in [0.05, 0.1) is 12.6 Å². The fourth-order valence-corrected chi connectivity index (χ4v) is 3.58. The standard InChI is InChI=1S/C15H14F3N3O4S/c1-2-25-13(22)15(17,18)26(23,24)14-19-12-10(16)8-11(21(12)20-14)9-6-4-3-5-7-9/h3-7,10-11H,2,8H2,1H3/t10-,11-/m0/s1. The first-order valence-corrected chi connectivity index (χ1v) is 9.13. The van der Waals surface area contributed by atoms with Crippen LogP contribution in [0.25, 0.3) is 0 Å². The van der Waals surface area contributed by atoms with Crippen molar-refractivity contribution in [2.75, 3.05) is 6.61 Å². The molecule has 0 unspecified atom stereocenters. The number of benzene rings is 1. The van der Waals surface area contributed by atoms with Crippen LogP contribution in [0.4, 0.5) is 13.2 Å². The second-order valence-corrected chi connectivity index (χ2v) is 7.45. The van der Waals surface area contributed by atoms with Crippen LogP contribution in [-0.4, -0.2) is 41.0 Å². The molecule has 1 aliphatic heterocycles. The minimum absolute atomic E-state index is 0.0477. The van der Waals surface area contributed by atoms with Gasteiger partial charge in [-0.3, -0.25) is 0 Å². The monoisotopic (exact) mass is 389 g/mol. The number of esters is 1. The van der Waals surface area contributed by atoms with Crippen LogP contribution < -0.4 is 0 Å². The van der Waals surface area contributed by atoms with Crippen molar-refractivity contribution < 1.29 is 31.1 Å². The molecule has 1 aromatic heterocycles. The summed E-state index contributed by atoms with van der Waals surface area (Å²) in [7, 11) is -5.58. The van der Waals surface area contributed by atoms with Gasteiger partial charge in [0.2, 0.25) is 0 Å². The number of ether oxygens (including phenoxy) is 1. The molecule has 11 heteroatoms. The van der Waals surface area contributed by atoms with Gasteiger partial charge in [0, 0.05) is 6.42 Å². The normalized spacial score (nSPS) is 20.0. The van der Waals surface area contributed by atoms with Gasteiger partial charge in [0.15, 0.2) is 12.0 Å². The Labute approximate surface area is 146 Å². The molecule has 3 rings (SSSR count). The molecule has 140 valence electrons. The van der Waals surface area contributed by atoms with E-state index in [2.05, 4.69) is 14.8 Å². The van der Waals surface area contributed by atoms with E-state index in [4.69, 9.17) is 0 Å². The van der Waals surface area contributed by atoms with Gasteiger partial charge < -0.3 is 4.74 Å². The highest BCUT2D eigenvalue weighted by atomic mass is 32.2. The fourth-order valence-electron chi connectivity index (χ4n) is 2.66. The number of carbonyl (C=O) groups excluding carboxylic acids is 1. The number of hydrogen-bond acceptors (Lipinski definition) is 6. The van der Waals surface area contributed by atoms with Gasteiger partial charge in [0.1, 0.15) is 0 Å². The zero-order valence-corrected chi connectivity index (χ0v) is 14.3. The molecular formula is C15H14F3N3O4S. The number of rotatable bonds is 5. The molecule has 0 amide bonds. The van der Waals surface area contributed by atoms with E-state index < -0.39 is 45.0 Å². The maximum Gasteiger partial charge on any atom is 0.447 e. The highest BCUT2D eigenvalue weighted by Gasteiger charge is 2.58. The third-order valence-corrected chi connectivity index (χ3v) is 5.41. The Morgan fingerprint density at radius 1 is 1.35 bits per heavy atom. The molecule has 2 atom stereocenters. The van der Waals surface area contributed by atoms with E-state index in [1.807, 2.05) is 0 Å². The third-order valence-electron chi connectivity index (χ3n) is 3.92. The second kappa shape index (κ2) is 6.38. The second-order valence-electron chi connectivity index (χ2n) is 5.57. The molecule has 1 aromatic carbocycles. The molecule has 0 saturated heterocycles. The summed E-state index contributed by atoms with van der Waals surface area (Å²) in [6, 6.07) is 7.80. The van der Waals surface area contributed by atoms with E-state index in [0.29, 0.717) is 5.56 Å². The van der Waals surface area contributed by atoms with E-state index in [-0.39, 0.29) is 12.2 Å². The van der Waals surface area contributed by atoms with E-state index in [1.54, 1.807) is 30.3 Å². The molecule has 0 saturated carbocycles. The maximum absolute atomic E-state index is 14.2. The van der Waals surface area contributed by atoms with Crippen LogP contribution in [0, 0.1) is 0 Å². The minimum atomic E-state index is -5.58. The number of fused-ring (bicyclic) bond motifs is 1. The predicted octanol–water partition coefficient (Wildman–Crippen LogP) is 2.21. The number of alkyl halides is 3. The van der Waals surface area contributed by atoms with Crippen molar-refractivity contribution in [3.8, 4) is 0 Å². The average Bonchev–Trinajstić information content (AvgIpc) is 3.17. The van der Waals surface area contributed by atoms with Gasteiger partial charge in [-0.25, -0.2) is 22.3 Å². The molecular weight excluding hydrogens is 375 g/mol. The summed E-state index contributed by atoms with van der Waals surface area (Å²) in [6.07, 6.45) is -1.72. The predicted molar refractivity (Wildman–Crippen MR) is 81.8 cm³/mol. The lowest BCUT2D eigenvalue weighted by Gasteiger charge is -2.14. The highest BCUT2D eigenvalue weighted by Crippen LogP contribution is 2.40. The van der Waals surface area contributed by atoms with Gasteiger partial charge in [-0.15, -0.1) is 5.10 Å². The van der Waals surface area contributed by atoms with Crippen molar-refractivity contribution in [3.05, 3.63) is 41.7 Å². The lowest BCUT2D eigenvalue weighted by molar-refractivity contribution is -0.160. The van der Waals surface area contributed by atoms with Gasteiger partial charge in [-0.05, 0) is 12.5 Å². The topological polar surface area (TPSA) is 91.2 Å². The number of hydrogen-bond donors (Lipinski definition) is 0. The summed E-state index contributed by atoms with van der Waals surface area (Å²) < 4.78 is 71.5. The Morgan fingerprint density at radius 3 is 2.62 bits per heavy atom. The summed E-state index contributed by atoms with van der Waals surface area (Å²) in [4.78, 5) is 14.8. The number of halogens is 3. The smallest absolute Gasteiger partial charge is 0.447 e. The molecule has 2 heterocycles. The molecule has 0 spiro atoms. The summed E-state index contributed by atoms with van der Waals surface area (Å²) >= 11 is 0. The summed E-state index contributed by atoms with van der Waals surface area (Å²) in [6.45, 7) is 0.821. The van der Waals surface area contributed by atoms with E-state index >= 15 is 0 Å². The first kappa shape index (κ1) is 18.4. The van der Waals surface area contributed by atoms with Crippen molar-refractivity contribution in [2.24, 2.45) is 0 Å². The molecule has 7 nitrogen and oxygen atoms in total. The van der Waals surface area contributed by atoms with E-state index in [0.717, 1.165) is 4.68 Å². The Hall–Kier alpha value is -2.43. The first-order valence-electron chi connectivity index (χ1n) is 7.65. The molecule has 0 radical (unpaired) electrons. The van der Waals surface area contributed by atoms with E-state index in [9.17, 15) is 26.4 Å². The molecule has 0 aliphatic carbocycles. The third kappa shape index (κ3) is 2.75. The van der Waals surface area contributed by atoms with Crippen LogP contribution >= 0.6 is 0 Å². The van der Waals surface area contributed by atoms with E-state index in [1.165, 1.54) is 6.92 Å². The molecule has 0 N–H and O–H groups in total. The van der Waals surface area contributed by atoms with Crippen LogP contribution in [0.5, 0.6) is 0 Å². The van der Waals surface area contributed by atoms with Crippen molar-refractivity contribution in [1.82, 2.24) is 14.8 Å². The Bertz CT molecular complexity index is 931. The number of carbonyl (C=O) groups is 1. The van der Waals surface area contributed by atoms with Crippen molar-refractivity contribution in [1.29, 1.82) is 0 Å². The van der Waals surface area contributed by atoms with Gasteiger partial charge in [0.25, 0.3) is 15.0 Å². The largest absolute Gasteiger partial charge is 0.461 e. The highest BCUT2D eigenvalue weighted by molar-refractivity contribution is 7.93. The van der Waals surface area contributed by atoms with Gasteiger partial charge in [-0.1, -0.05) is 30.3 Å². The zero-order valence-electron chi connectivity index (χ0n) is 13.5. The van der Waals surface area contributed by atoms with Gasteiger partial charge in [-0.2, -0.15) is 13.8 Å². The van der Waals surface area contributed by atoms with Crippen molar-refractivity contribution in [3.63, 3.8) is 0 Å². The van der Waals surface area contributed by atoms with Crippen LogP contribution in [0.2, 0.25) is 0 Å². The lowest BCUT2D eigenvalue weighted by Crippen LogP contribution is -2.40. The van der Waals surface area contributed by atoms with Crippen LogP contribution in [0.15, 0.2) is 35.5 Å². The maximum atomic E-state index is 14.2. The summed E-state index contributed by atoms with van der Waals surface area (Å²) in [5.41, 5.74) is 0.625. The Morgan fingerprint density at radius 2 is 2.00 bits per heavy atom. The number of nitrogens with zero attached hydrogens (tertiary/aromatic N) is 3. The first-order chi connectivity index (χ1) is 12.2. The van der Waals surface area contributed by atoms with Crippen LogP contribution in [0.3, 0.4) is 0 Å². The van der Waals surface area contributed by atoms with Crippen molar-refractivity contribution in [2.45, 2.75) is 36.0 Å². The molecule has 0 bridgehead atoms. The molecule has 1 aliphatic rings. The summed E-state index contributed by atoms with van der Waals surface area (Å²) in [5.74, 6) is -2.61. The molecule has 2 aromatic rings. The fraction of sp³-hybridized carbons (Fsp3) is 0.400. The minimum Gasteiger partial charge on any atom is -0.461 e. The van der Waals surface area contributed by atoms with Crippen LogP contribution in [-0.2, 0) is 19.4 Å². The van der Waals surface area contributed by atoms with Gasteiger partial charge >= 0.3 is 11.2 Å². The average molecular weight is 389 g/mol. The zero-order chi connectivity index (χ0) is 19.1. The summed E-state index contributed by atoms with van der Waals surface area (Å²) in [5, 5.41) is -2.62. The number of aromatic nitrogens is 3. The lowest BCUT2D eigenvalue weighted by atomic mass is 10.0. The molecule has 0 fully saturated rings. The SMILES string of the molecule is CCOC(=O)C(F)(F)S(=O)(=O)c1nc2n(n1)[C@H](c1ccccc1)C[C@@H]2F. The number of sulfone groups is 1. The van der Waals surface area contributed by atoms with Crippen LogP contribution in [0.1, 0.15) is 36.9 Å². The quantitative estimate of drug-likeness (QED) is 0.729. The Balaban J connectivity index is 2.02. The van der Waals surface area contributed by atoms with Crippen molar-refractivity contribution >= 4 is 15.8 Å². The Kier molecular flexibility index (Phi) is 4.51. The molecule has 26 heavy (non-hydrogen) atoms.